The molecular formula is C17H20ClNO2S. The summed E-state index contributed by atoms with van der Waals surface area (Å²) in [5.41, 5.74) is 2.18. The van der Waals surface area contributed by atoms with Gasteiger partial charge >= 0.3 is 0 Å². The van der Waals surface area contributed by atoms with Gasteiger partial charge in [-0.1, -0.05) is 49.4 Å². The zero-order chi connectivity index (χ0) is 16.0. The van der Waals surface area contributed by atoms with Crippen LogP contribution in [-0.2, 0) is 16.4 Å². The fraction of sp³-hybridized carbons (Fsp3) is 0.294. The monoisotopic (exact) mass is 337 g/mol. The Balaban J connectivity index is 1.91. The number of nitrogens with one attached hydrogen (secondary N) is 1. The van der Waals surface area contributed by atoms with Gasteiger partial charge in [0.1, 0.15) is 0 Å². The molecule has 0 aliphatic carbocycles. The molecule has 2 rings (SSSR count). The lowest BCUT2D eigenvalue weighted by molar-refractivity contribution is 0.581. The number of rotatable bonds is 7. The molecule has 0 bridgehead atoms. The summed E-state index contributed by atoms with van der Waals surface area (Å²) in [5, 5.41) is 0.0330. The number of hydrogen-bond acceptors (Lipinski definition) is 2. The molecule has 0 radical (unpaired) electrons. The highest BCUT2D eigenvalue weighted by Gasteiger charge is 2.12. The lowest BCUT2D eigenvalue weighted by Gasteiger charge is -2.09. The predicted molar refractivity (Wildman–Crippen MR) is 90.7 cm³/mol. The second kappa shape index (κ2) is 7.77. The summed E-state index contributed by atoms with van der Waals surface area (Å²) >= 11 is 6.18. The summed E-state index contributed by atoms with van der Waals surface area (Å²) in [6, 6.07) is 16.4. The van der Waals surface area contributed by atoms with Gasteiger partial charge in [0.05, 0.1) is 10.3 Å². The van der Waals surface area contributed by atoms with Crippen molar-refractivity contribution in [1.29, 1.82) is 0 Å². The first kappa shape index (κ1) is 17.0. The van der Waals surface area contributed by atoms with Crippen LogP contribution in [0.15, 0.2) is 59.5 Å². The van der Waals surface area contributed by atoms with Crippen molar-refractivity contribution in [2.75, 3.05) is 6.54 Å². The first-order chi connectivity index (χ1) is 10.5. The van der Waals surface area contributed by atoms with E-state index in [0.717, 1.165) is 17.5 Å². The van der Waals surface area contributed by atoms with Crippen molar-refractivity contribution in [2.45, 2.75) is 30.0 Å². The third-order valence-electron chi connectivity index (χ3n) is 3.46. The maximum absolute atomic E-state index is 12.1. The van der Waals surface area contributed by atoms with Gasteiger partial charge < -0.3 is 0 Å². The molecule has 0 saturated heterocycles. The van der Waals surface area contributed by atoms with E-state index in [4.69, 9.17) is 11.6 Å². The molecule has 0 saturated carbocycles. The molecule has 22 heavy (non-hydrogen) atoms. The number of sulfonamides is 1. The minimum Gasteiger partial charge on any atom is -0.211 e. The Morgan fingerprint density at radius 3 is 2.27 bits per heavy atom. The molecule has 0 fully saturated rings. The Kier molecular flexibility index (Phi) is 6.00. The molecule has 0 spiro atoms. The zero-order valence-corrected chi connectivity index (χ0v) is 14.1. The topological polar surface area (TPSA) is 46.2 Å². The van der Waals surface area contributed by atoms with Crippen molar-refractivity contribution in [3.63, 3.8) is 0 Å². The Bertz CT molecular complexity index is 684. The Hall–Kier alpha value is -1.36. The van der Waals surface area contributed by atoms with Gasteiger partial charge in [0.2, 0.25) is 10.0 Å². The average molecular weight is 338 g/mol. The van der Waals surface area contributed by atoms with Crippen molar-refractivity contribution < 1.29 is 8.42 Å². The molecule has 118 valence electrons. The van der Waals surface area contributed by atoms with Gasteiger partial charge in [-0.15, -0.1) is 11.6 Å². The minimum absolute atomic E-state index is 0.0330. The molecule has 0 heterocycles. The summed E-state index contributed by atoms with van der Waals surface area (Å²) in [5.74, 6) is 0. The lowest BCUT2D eigenvalue weighted by Crippen LogP contribution is -2.25. The molecule has 0 aromatic heterocycles. The second-order valence-corrected chi connectivity index (χ2v) is 7.37. The molecule has 2 aromatic carbocycles. The highest BCUT2D eigenvalue weighted by Crippen LogP contribution is 2.23. The van der Waals surface area contributed by atoms with Crippen LogP contribution in [0, 0.1) is 0 Å². The Labute approximate surface area is 137 Å². The molecule has 1 unspecified atom stereocenters. The standard InChI is InChI=1S/C17H20ClNO2S/c1-2-17(18)15-10-8-14(9-11-15)12-13-19-22(20,21)16-6-4-3-5-7-16/h3-11,17,19H,2,12-13H2,1H3. The molecule has 1 N–H and O–H groups in total. The normalized spacial score (nSPS) is 13.0. The van der Waals surface area contributed by atoms with Crippen LogP contribution in [0.1, 0.15) is 29.8 Å². The number of alkyl halides is 1. The molecule has 1 atom stereocenters. The summed E-state index contributed by atoms with van der Waals surface area (Å²) in [7, 11) is -3.43. The van der Waals surface area contributed by atoms with Crippen LogP contribution in [-0.4, -0.2) is 15.0 Å². The maximum atomic E-state index is 12.1. The van der Waals surface area contributed by atoms with Crippen molar-refractivity contribution in [3.05, 3.63) is 65.7 Å². The lowest BCUT2D eigenvalue weighted by atomic mass is 10.1. The van der Waals surface area contributed by atoms with Gasteiger partial charge in [-0.05, 0) is 36.1 Å². The van der Waals surface area contributed by atoms with Crippen LogP contribution in [0.25, 0.3) is 0 Å². The van der Waals surface area contributed by atoms with E-state index in [1.165, 1.54) is 0 Å². The molecule has 0 amide bonds. The fourth-order valence-corrected chi connectivity index (χ4v) is 3.34. The summed E-state index contributed by atoms with van der Waals surface area (Å²) in [6.07, 6.45) is 1.53. The van der Waals surface area contributed by atoms with Crippen molar-refractivity contribution >= 4 is 21.6 Å². The second-order valence-electron chi connectivity index (χ2n) is 5.08. The van der Waals surface area contributed by atoms with Crippen LogP contribution in [0.2, 0.25) is 0 Å². The largest absolute Gasteiger partial charge is 0.240 e. The van der Waals surface area contributed by atoms with Gasteiger partial charge in [0, 0.05) is 6.54 Å². The first-order valence-electron chi connectivity index (χ1n) is 7.30. The average Bonchev–Trinajstić information content (AvgIpc) is 2.55. The minimum atomic E-state index is -3.43. The van der Waals surface area contributed by atoms with E-state index in [-0.39, 0.29) is 5.38 Å². The van der Waals surface area contributed by atoms with Gasteiger partial charge in [0.25, 0.3) is 0 Å². The van der Waals surface area contributed by atoms with Gasteiger partial charge in [-0.3, -0.25) is 0 Å². The summed E-state index contributed by atoms with van der Waals surface area (Å²) in [4.78, 5) is 0.290. The molecule has 5 heteroatoms. The van der Waals surface area contributed by atoms with E-state index >= 15 is 0 Å². The van der Waals surface area contributed by atoms with Gasteiger partial charge in [-0.25, -0.2) is 13.1 Å². The fourth-order valence-electron chi connectivity index (χ4n) is 2.14. The van der Waals surface area contributed by atoms with E-state index < -0.39 is 10.0 Å². The van der Waals surface area contributed by atoms with Crippen LogP contribution in [0.3, 0.4) is 0 Å². The zero-order valence-electron chi connectivity index (χ0n) is 12.5. The molecule has 0 aliphatic rings. The van der Waals surface area contributed by atoms with E-state index in [2.05, 4.69) is 4.72 Å². The summed E-state index contributed by atoms with van der Waals surface area (Å²) < 4.78 is 26.8. The van der Waals surface area contributed by atoms with Crippen LogP contribution in [0.5, 0.6) is 0 Å². The quantitative estimate of drug-likeness (QED) is 0.779. The third kappa shape index (κ3) is 4.57. The predicted octanol–water partition coefficient (Wildman–Crippen LogP) is 3.90. The number of benzene rings is 2. The molecule has 3 nitrogen and oxygen atoms in total. The van der Waals surface area contributed by atoms with Gasteiger partial charge in [-0.2, -0.15) is 0 Å². The third-order valence-corrected chi connectivity index (χ3v) is 5.50. The first-order valence-corrected chi connectivity index (χ1v) is 9.22. The highest BCUT2D eigenvalue weighted by molar-refractivity contribution is 7.89. The van der Waals surface area contributed by atoms with Crippen molar-refractivity contribution in [2.24, 2.45) is 0 Å². The smallest absolute Gasteiger partial charge is 0.211 e. The molecule has 0 aliphatic heterocycles. The van der Waals surface area contributed by atoms with E-state index in [1.807, 2.05) is 31.2 Å². The molecule has 2 aromatic rings. The van der Waals surface area contributed by atoms with Gasteiger partial charge in [0.15, 0.2) is 0 Å². The SMILES string of the molecule is CCC(Cl)c1ccc(CCNS(=O)(=O)c2ccccc2)cc1. The maximum Gasteiger partial charge on any atom is 0.240 e. The Morgan fingerprint density at radius 1 is 1.05 bits per heavy atom. The van der Waals surface area contributed by atoms with E-state index in [1.54, 1.807) is 30.3 Å². The van der Waals surface area contributed by atoms with Crippen molar-refractivity contribution in [3.8, 4) is 0 Å². The van der Waals surface area contributed by atoms with Crippen LogP contribution >= 0.6 is 11.6 Å². The van der Waals surface area contributed by atoms with Crippen LogP contribution < -0.4 is 4.72 Å². The highest BCUT2D eigenvalue weighted by atomic mass is 35.5. The number of hydrogen-bond donors (Lipinski definition) is 1. The Morgan fingerprint density at radius 2 is 1.68 bits per heavy atom. The van der Waals surface area contributed by atoms with E-state index in [9.17, 15) is 8.42 Å². The van der Waals surface area contributed by atoms with Crippen LogP contribution in [0.4, 0.5) is 0 Å². The summed E-state index contributed by atoms with van der Waals surface area (Å²) in [6.45, 7) is 2.42. The van der Waals surface area contributed by atoms with E-state index in [0.29, 0.717) is 17.9 Å². The van der Waals surface area contributed by atoms with Crippen molar-refractivity contribution in [1.82, 2.24) is 4.72 Å². The molecular weight excluding hydrogens is 318 g/mol. The number of halogens is 1.